The predicted molar refractivity (Wildman–Crippen MR) is 72.6 cm³/mol. The van der Waals surface area contributed by atoms with Crippen molar-refractivity contribution >= 4 is 11.6 Å². The first-order chi connectivity index (χ1) is 9.20. The molecule has 1 heterocycles. The molecule has 0 fully saturated rings. The first-order valence-corrected chi connectivity index (χ1v) is 6.09. The number of carbonyl (C=O) groups is 1. The maximum absolute atomic E-state index is 12.1. The van der Waals surface area contributed by atoms with Crippen molar-refractivity contribution in [3.8, 4) is 0 Å². The fourth-order valence-corrected chi connectivity index (χ4v) is 1.75. The van der Waals surface area contributed by atoms with Gasteiger partial charge < -0.3 is 10.6 Å². The van der Waals surface area contributed by atoms with Crippen molar-refractivity contribution in [3.63, 3.8) is 0 Å². The number of nitrogens with zero attached hydrogens (tertiary/aromatic N) is 3. The van der Waals surface area contributed by atoms with E-state index in [9.17, 15) is 4.79 Å². The van der Waals surface area contributed by atoms with Crippen LogP contribution in [0.25, 0.3) is 0 Å². The summed E-state index contributed by atoms with van der Waals surface area (Å²) in [4.78, 5) is 15.9. The van der Waals surface area contributed by atoms with E-state index in [0.29, 0.717) is 0 Å². The summed E-state index contributed by atoms with van der Waals surface area (Å²) in [5, 5.41) is 9.91. The summed E-state index contributed by atoms with van der Waals surface area (Å²) < 4.78 is 1.52. The van der Waals surface area contributed by atoms with E-state index in [0.717, 1.165) is 17.8 Å². The van der Waals surface area contributed by atoms with Gasteiger partial charge >= 0.3 is 0 Å². The summed E-state index contributed by atoms with van der Waals surface area (Å²) >= 11 is 0. The van der Waals surface area contributed by atoms with Crippen LogP contribution in [0.5, 0.6) is 0 Å². The molecule has 0 saturated carbocycles. The maximum Gasteiger partial charge on any atom is 0.249 e. The summed E-state index contributed by atoms with van der Waals surface area (Å²) in [6.07, 6.45) is 2.94. The Hall–Kier alpha value is -2.21. The standard InChI is InChI=1S/C13H17N5O/c1-10(18-9-15-8-16-18)13(19)17-12-5-3-4-11(6-12)7-14-2/h3-6,8-10,14H,7H2,1-2H3,(H,17,19). The molecule has 1 amide bonds. The average molecular weight is 259 g/mol. The van der Waals surface area contributed by atoms with Crippen molar-refractivity contribution in [1.29, 1.82) is 0 Å². The first-order valence-electron chi connectivity index (χ1n) is 6.09. The molecule has 6 heteroatoms. The first kappa shape index (κ1) is 13.2. The van der Waals surface area contributed by atoms with Crippen molar-refractivity contribution in [2.24, 2.45) is 0 Å². The zero-order valence-electron chi connectivity index (χ0n) is 11.0. The summed E-state index contributed by atoms with van der Waals surface area (Å²) in [6, 6.07) is 7.35. The number of nitrogens with one attached hydrogen (secondary N) is 2. The minimum atomic E-state index is -0.393. The van der Waals surface area contributed by atoms with E-state index in [4.69, 9.17) is 0 Å². The Morgan fingerprint density at radius 2 is 2.32 bits per heavy atom. The summed E-state index contributed by atoms with van der Waals surface area (Å²) in [6.45, 7) is 2.55. The van der Waals surface area contributed by atoms with Crippen LogP contribution in [0.15, 0.2) is 36.9 Å². The SMILES string of the molecule is CNCc1cccc(NC(=O)C(C)n2cncn2)c1. The molecule has 1 aromatic heterocycles. The van der Waals surface area contributed by atoms with Crippen LogP contribution in [-0.2, 0) is 11.3 Å². The van der Waals surface area contributed by atoms with Crippen LogP contribution in [-0.4, -0.2) is 27.7 Å². The lowest BCUT2D eigenvalue weighted by Gasteiger charge is -2.12. The lowest BCUT2D eigenvalue weighted by atomic mass is 10.2. The van der Waals surface area contributed by atoms with Crippen LogP contribution in [0.1, 0.15) is 18.5 Å². The van der Waals surface area contributed by atoms with E-state index in [1.807, 2.05) is 31.3 Å². The third kappa shape index (κ3) is 3.38. The fourth-order valence-electron chi connectivity index (χ4n) is 1.75. The highest BCUT2D eigenvalue weighted by Crippen LogP contribution is 2.13. The molecule has 19 heavy (non-hydrogen) atoms. The summed E-state index contributed by atoms with van der Waals surface area (Å²) in [5.41, 5.74) is 1.90. The summed E-state index contributed by atoms with van der Waals surface area (Å²) in [7, 11) is 1.89. The second-order valence-corrected chi connectivity index (χ2v) is 4.27. The molecule has 0 bridgehead atoms. The largest absolute Gasteiger partial charge is 0.324 e. The number of rotatable bonds is 5. The Kier molecular flexibility index (Phi) is 4.25. The Morgan fingerprint density at radius 3 is 3.00 bits per heavy atom. The molecule has 2 aromatic rings. The fraction of sp³-hybridized carbons (Fsp3) is 0.308. The highest BCUT2D eigenvalue weighted by atomic mass is 16.2. The van der Waals surface area contributed by atoms with Gasteiger partial charge in [0.05, 0.1) is 0 Å². The van der Waals surface area contributed by atoms with Gasteiger partial charge in [0.15, 0.2) is 0 Å². The van der Waals surface area contributed by atoms with E-state index < -0.39 is 6.04 Å². The number of hydrogen-bond donors (Lipinski definition) is 2. The number of amides is 1. The van der Waals surface area contributed by atoms with E-state index in [2.05, 4.69) is 20.7 Å². The third-order valence-electron chi connectivity index (χ3n) is 2.79. The van der Waals surface area contributed by atoms with Gasteiger partial charge in [0.2, 0.25) is 5.91 Å². The molecular weight excluding hydrogens is 242 g/mol. The van der Waals surface area contributed by atoms with Crippen LogP contribution < -0.4 is 10.6 Å². The summed E-state index contributed by atoms with van der Waals surface area (Å²) in [5.74, 6) is -0.118. The lowest BCUT2D eigenvalue weighted by Crippen LogP contribution is -2.24. The molecule has 0 spiro atoms. The molecule has 1 aromatic carbocycles. The molecule has 100 valence electrons. The number of benzene rings is 1. The average Bonchev–Trinajstić information content (AvgIpc) is 2.92. The van der Waals surface area contributed by atoms with Gasteiger partial charge in [-0.25, -0.2) is 9.67 Å². The van der Waals surface area contributed by atoms with E-state index in [-0.39, 0.29) is 5.91 Å². The molecule has 0 radical (unpaired) electrons. The molecule has 1 atom stereocenters. The second-order valence-electron chi connectivity index (χ2n) is 4.27. The molecule has 0 saturated heterocycles. The van der Waals surface area contributed by atoms with Gasteiger partial charge in [0.25, 0.3) is 0 Å². The normalized spacial score (nSPS) is 12.1. The predicted octanol–water partition coefficient (Wildman–Crippen LogP) is 1.20. The Bertz CT molecular complexity index is 538. The van der Waals surface area contributed by atoms with Gasteiger partial charge in [0.1, 0.15) is 18.7 Å². The van der Waals surface area contributed by atoms with Crippen molar-refractivity contribution in [2.45, 2.75) is 19.5 Å². The van der Waals surface area contributed by atoms with E-state index in [1.54, 1.807) is 6.92 Å². The van der Waals surface area contributed by atoms with Crippen LogP contribution in [0.4, 0.5) is 5.69 Å². The van der Waals surface area contributed by atoms with Gasteiger partial charge in [-0.1, -0.05) is 12.1 Å². The van der Waals surface area contributed by atoms with Gasteiger partial charge in [0, 0.05) is 12.2 Å². The highest BCUT2D eigenvalue weighted by Gasteiger charge is 2.15. The molecule has 2 N–H and O–H groups in total. The van der Waals surface area contributed by atoms with Crippen molar-refractivity contribution in [2.75, 3.05) is 12.4 Å². The Balaban J connectivity index is 2.04. The van der Waals surface area contributed by atoms with E-state index >= 15 is 0 Å². The van der Waals surface area contributed by atoms with E-state index in [1.165, 1.54) is 17.3 Å². The van der Waals surface area contributed by atoms with Crippen molar-refractivity contribution in [3.05, 3.63) is 42.5 Å². The second kappa shape index (κ2) is 6.10. The van der Waals surface area contributed by atoms with Gasteiger partial charge in [-0.2, -0.15) is 5.10 Å². The van der Waals surface area contributed by atoms with Crippen LogP contribution in [0, 0.1) is 0 Å². The maximum atomic E-state index is 12.1. The zero-order valence-corrected chi connectivity index (χ0v) is 11.0. The smallest absolute Gasteiger partial charge is 0.249 e. The minimum Gasteiger partial charge on any atom is -0.324 e. The number of hydrogen-bond acceptors (Lipinski definition) is 4. The number of anilines is 1. The number of aromatic nitrogens is 3. The molecule has 0 aliphatic heterocycles. The van der Waals surface area contributed by atoms with Crippen LogP contribution in [0.2, 0.25) is 0 Å². The van der Waals surface area contributed by atoms with Crippen molar-refractivity contribution < 1.29 is 4.79 Å². The number of carbonyl (C=O) groups excluding carboxylic acids is 1. The monoisotopic (exact) mass is 259 g/mol. The molecule has 0 aliphatic rings. The highest BCUT2D eigenvalue weighted by molar-refractivity contribution is 5.93. The zero-order chi connectivity index (χ0) is 13.7. The minimum absolute atomic E-state index is 0.118. The molecule has 6 nitrogen and oxygen atoms in total. The van der Waals surface area contributed by atoms with Crippen LogP contribution >= 0.6 is 0 Å². The molecule has 0 aliphatic carbocycles. The van der Waals surface area contributed by atoms with Gasteiger partial charge in [-0.15, -0.1) is 0 Å². The van der Waals surface area contributed by atoms with Gasteiger partial charge in [-0.3, -0.25) is 4.79 Å². The Morgan fingerprint density at radius 1 is 1.47 bits per heavy atom. The topological polar surface area (TPSA) is 71.8 Å². The van der Waals surface area contributed by atoms with Crippen molar-refractivity contribution in [1.82, 2.24) is 20.1 Å². The molecule has 1 unspecified atom stereocenters. The molecular formula is C13H17N5O. The lowest BCUT2D eigenvalue weighted by molar-refractivity contribution is -0.119. The van der Waals surface area contributed by atoms with Crippen LogP contribution in [0.3, 0.4) is 0 Å². The Labute approximate surface area is 111 Å². The third-order valence-corrected chi connectivity index (χ3v) is 2.79. The van der Waals surface area contributed by atoms with Gasteiger partial charge in [-0.05, 0) is 31.7 Å². The quantitative estimate of drug-likeness (QED) is 0.846. The molecule has 2 rings (SSSR count).